The Hall–Kier alpha value is -2.48. The first-order valence-electron chi connectivity index (χ1n) is 6.48. The van der Waals surface area contributed by atoms with Gasteiger partial charge in [0.1, 0.15) is 5.69 Å². The van der Waals surface area contributed by atoms with E-state index in [1.807, 2.05) is 0 Å². The van der Waals surface area contributed by atoms with Gasteiger partial charge in [0.15, 0.2) is 0 Å². The average molecular weight is 320 g/mol. The molecular formula is C14H16N4O3S. The molecule has 2 N–H and O–H groups in total. The fourth-order valence-corrected chi connectivity index (χ4v) is 2.35. The minimum absolute atomic E-state index is 0.174. The molecule has 1 amide bonds. The highest BCUT2D eigenvalue weighted by atomic mass is 32.2. The van der Waals surface area contributed by atoms with E-state index in [1.165, 1.54) is 12.4 Å². The van der Waals surface area contributed by atoms with Gasteiger partial charge in [-0.25, -0.2) is 13.4 Å². The summed E-state index contributed by atoms with van der Waals surface area (Å²) < 4.78 is 25.1. The monoisotopic (exact) mass is 320 g/mol. The van der Waals surface area contributed by atoms with Crippen molar-refractivity contribution < 1.29 is 13.2 Å². The molecule has 2 rings (SSSR count). The number of para-hydroxylation sites is 1. The number of hydrogen-bond donors (Lipinski definition) is 2. The van der Waals surface area contributed by atoms with Crippen molar-refractivity contribution in [1.29, 1.82) is 0 Å². The van der Waals surface area contributed by atoms with Crippen LogP contribution in [0.3, 0.4) is 0 Å². The molecule has 0 radical (unpaired) electrons. The van der Waals surface area contributed by atoms with Crippen LogP contribution in [0.2, 0.25) is 0 Å². The lowest BCUT2D eigenvalue weighted by Gasteiger charge is -2.11. The summed E-state index contributed by atoms with van der Waals surface area (Å²) in [5.41, 5.74) is 2.01. The molecular weight excluding hydrogens is 304 g/mol. The molecule has 0 bridgehead atoms. The van der Waals surface area contributed by atoms with Crippen LogP contribution in [0.15, 0.2) is 36.7 Å². The van der Waals surface area contributed by atoms with Crippen LogP contribution in [0, 0.1) is 6.92 Å². The highest BCUT2D eigenvalue weighted by Crippen LogP contribution is 2.16. The summed E-state index contributed by atoms with van der Waals surface area (Å²) in [7, 11) is -3.38. The fraction of sp³-hybridized carbons (Fsp3) is 0.214. The van der Waals surface area contributed by atoms with Crippen LogP contribution in [0.25, 0.3) is 0 Å². The zero-order chi connectivity index (χ0) is 16.2. The van der Waals surface area contributed by atoms with Crippen LogP contribution in [0.5, 0.6) is 0 Å². The lowest BCUT2D eigenvalue weighted by atomic mass is 10.2. The minimum atomic E-state index is -3.38. The van der Waals surface area contributed by atoms with Crippen molar-refractivity contribution in [2.24, 2.45) is 0 Å². The molecule has 0 spiro atoms. The van der Waals surface area contributed by atoms with Crippen LogP contribution >= 0.6 is 0 Å². The van der Waals surface area contributed by atoms with Gasteiger partial charge in [0.25, 0.3) is 5.91 Å². The van der Waals surface area contributed by atoms with Gasteiger partial charge >= 0.3 is 0 Å². The van der Waals surface area contributed by atoms with Crippen molar-refractivity contribution in [2.75, 3.05) is 11.0 Å². The first kappa shape index (κ1) is 15.9. The zero-order valence-electron chi connectivity index (χ0n) is 12.2. The van der Waals surface area contributed by atoms with Crippen molar-refractivity contribution in [3.8, 4) is 0 Å². The highest BCUT2D eigenvalue weighted by Gasteiger charge is 2.10. The molecule has 0 fully saturated rings. The molecule has 0 aliphatic rings. The predicted octanol–water partition coefficient (Wildman–Crippen LogP) is 1.09. The van der Waals surface area contributed by atoms with E-state index >= 15 is 0 Å². The van der Waals surface area contributed by atoms with Gasteiger partial charge in [-0.05, 0) is 18.6 Å². The number of hydrogen-bond acceptors (Lipinski definition) is 5. The van der Waals surface area contributed by atoms with Crippen LogP contribution in [0.4, 0.5) is 5.69 Å². The van der Waals surface area contributed by atoms with Gasteiger partial charge in [-0.1, -0.05) is 18.2 Å². The SMILES string of the molecule is Cc1cnc(C(=O)NCc2ccccc2NS(C)(=O)=O)cn1. The second-order valence-corrected chi connectivity index (χ2v) is 6.51. The quantitative estimate of drug-likeness (QED) is 0.858. The summed E-state index contributed by atoms with van der Waals surface area (Å²) in [6, 6.07) is 6.84. The van der Waals surface area contributed by atoms with Crippen molar-refractivity contribution in [1.82, 2.24) is 15.3 Å². The first-order valence-corrected chi connectivity index (χ1v) is 8.37. The Morgan fingerprint density at radius 1 is 1.18 bits per heavy atom. The molecule has 0 aliphatic heterocycles. The number of aryl methyl sites for hydroxylation is 1. The smallest absolute Gasteiger partial charge is 0.271 e. The summed E-state index contributed by atoms with van der Waals surface area (Å²) in [4.78, 5) is 20.0. The van der Waals surface area contributed by atoms with E-state index < -0.39 is 10.0 Å². The normalized spacial score (nSPS) is 11.0. The van der Waals surface area contributed by atoms with E-state index in [0.29, 0.717) is 11.3 Å². The van der Waals surface area contributed by atoms with E-state index in [0.717, 1.165) is 11.9 Å². The number of rotatable bonds is 5. The lowest BCUT2D eigenvalue weighted by Crippen LogP contribution is -2.24. The third-order valence-electron chi connectivity index (χ3n) is 2.77. The van der Waals surface area contributed by atoms with Crippen LogP contribution in [0.1, 0.15) is 21.7 Å². The third kappa shape index (κ3) is 4.52. The molecule has 0 saturated carbocycles. The second-order valence-electron chi connectivity index (χ2n) is 4.76. The Labute approximate surface area is 128 Å². The Morgan fingerprint density at radius 2 is 1.91 bits per heavy atom. The summed E-state index contributed by atoms with van der Waals surface area (Å²) in [5.74, 6) is -0.373. The van der Waals surface area contributed by atoms with Crippen LogP contribution < -0.4 is 10.0 Å². The molecule has 116 valence electrons. The number of nitrogens with zero attached hydrogens (tertiary/aromatic N) is 2. The summed E-state index contributed by atoms with van der Waals surface area (Å²) >= 11 is 0. The molecule has 0 saturated heterocycles. The number of sulfonamides is 1. The number of amides is 1. The Bertz CT molecular complexity index is 773. The Kier molecular flexibility index (Phi) is 4.71. The number of nitrogens with one attached hydrogen (secondary N) is 2. The maximum atomic E-state index is 12.0. The van der Waals surface area contributed by atoms with Crippen LogP contribution in [-0.2, 0) is 16.6 Å². The molecule has 8 heteroatoms. The van der Waals surface area contributed by atoms with Gasteiger partial charge in [0.05, 0.1) is 23.8 Å². The number of benzene rings is 1. The van der Waals surface area contributed by atoms with Crippen molar-refractivity contribution in [2.45, 2.75) is 13.5 Å². The molecule has 0 unspecified atom stereocenters. The number of aromatic nitrogens is 2. The molecule has 1 aromatic carbocycles. The number of anilines is 1. The van der Waals surface area contributed by atoms with E-state index in [2.05, 4.69) is 20.0 Å². The maximum Gasteiger partial charge on any atom is 0.271 e. The summed E-state index contributed by atoms with van der Waals surface area (Å²) in [5, 5.41) is 2.68. The Morgan fingerprint density at radius 3 is 2.55 bits per heavy atom. The molecule has 22 heavy (non-hydrogen) atoms. The third-order valence-corrected chi connectivity index (χ3v) is 3.36. The molecule has 2 aromatic rings. The summed E-state index contributed by atoms with van der Waals surface area (Å²) in [6.07, 6.45) is 3.98. The average Bonchev–Trinajstić information content (AvgIpc) is 2.45. The largest absolute Gasteiger partial charge is 0.346 e. The van der Waals surface area contributed by atoms with Crippen molar-refractivity contribution in [3.05, 3.63) is 53.6 Å². The minimum Gasteiger partial charge on any atom is -0.346 e. The standard InChI is InChI=1S/C14H16N4O3S/c1-10-7-16-13(9-15-10)14(19)17-8-11-5-3-4-6-12(11)18-22(2,20)21/h3-7,9,18H,8H2,1-2H3,(H,17,19). The predicted molar refractivity (Wildman–Crippen MR) is 82.8 cm³/mol. The van der Waals surface area contributed by atoms with E-state index in [-0.39, 0.29) is 18.1 Å². The fourth-order valence-electron chi connectivity index (χ4n) is 1.75. The van der Waals surface area contributed by atoms with Gasteiger partial charge < -0.3 is 5.32 Å². The van der Waals surface area contributed by atoms with Crippen molar-refractivity contribution in [3.63, 3.8) is 0 Å². The Balaban J connectivity index is 2.08. The highest BCUT2D eigenvalue weighted by molar-refractivity contribution is 7.92. The first-order chi connectivity index (χ1) is 10.3. The molecule has 1 aromatic heterocycles. The number of carbonyl (C=O) groups is 1. The van der Waals surface area contributed by atoms with E-state index in [4.69, 9.17) is 0 Å². The molecule has 7 nitrogen and oxygen atoms in total. The topological polar surface area (TPSA) is 101 Å². The van der Waals surface area contributed by atoms with Gasteiger partial charge in [-0.15, -0.1) is 0 Å². The summed E-state index contributed by atoms with van der Waals surface area (Å²) in [6.45, 7) is 1.95. The second kappa shape index (κ2) is 6.52. The lowest BCUT2D eigenvalue weighted by molar-refractivity contribution is 0.0945. The van der Waals surface area contributed by atoms with Gasteiger partial charge in [0, 0.05) is 12.7 Å². The van der Waals surface area contributed by atoms with Gasteiger partial charge in [0.2, 0.25) is 10.0 Å². The maximum absolute atomic E-state index is 12.0. The molecule has 1 heterocycles. The van der Waals surface area contributed by atoms with Gasteiger partial charge in [-0.2, -0.15) is 0 Å². The van der Waals surface area contributed by atoms with Crippen LogP contribution in [-0.4, -0.2) is 30.5 Å². The van der Waals surface area contributed by atoms with E-state index in [1.54, 1.807) is 31.2 Å². The van der Waals surface area contributed by atoms with Gasteiger partial charge in [-0.3, -0.25) is 14.5 Å². The van der Waals surface area contributed by atoms with Crippen molar-refractivity contribution >= 4 is 21.6 Å². The zero-order valence-corrected chi connectivity index (χ0v) is 13.0. The molecule has 0 aliphatic carbocycles. The van der Waals surface area contributed by atoms with E-state index in [9.17, 15) is 13.2 Å². The number of carbonyl (C=O) groups excluding carboxylic acids is 1. The molecule has 0 atom stereocenters.